The number of allylic oxidation sites excluding steroid dienone is 1. The van der Waals surface area contributed by atoms with Gasteiger partial charge in [-0.1, -0.05) is 12.1 Å². The summed E-state index contributed by atoms with van der Waals surface area (Å²) in [5.74, 6) is 1.34. The number of hydrogen-bond donors (Lipinski definition) is 2. The Bertz CT molecular complexity index is 524. The molecule has 1 aliphatic rings. The Morgan fingerprint density at radius 3 is 2.67 bits per heavy atom. The Labute approximate surface area is 144 Å². The van der Waals surface area contributed by atoms with Gasteiger partial charge in [0.25, 0.3) is 0 Å². The molecule has 0 unspecified atom stereocenters. The van der Waals surface area contributed by atoms with Crippen molar-refractivity contribution in [2.24, 2.45) is 0 Å². The molecule has 5 nitrogen and oxygen atoms in total. The van der Waals surface area contributed by atoms with Crippen LogP contribution in [0.2, 0.25) is 0 Å². The van der Waals surface area contributed by atoms with Gasteiger partial charge in [0, 0.05) is 0 Å². The molecule has 0 spiro atoms. The Kier molecular flexibility index (Phi) is 7.09. The highest BCUT2D eigenvalue weighted by Crippen LogP contribution is 2.28. The molecule has 1 fully saturated rings. The fourth-order valence-corrected chi connectivity index (χ4v) is 3.26. The zero-order valence-electron chi connectivity index (χ0n) is 15.0. The molecule has 1 aliphatic heterocycles. The van der Waals surface area contributed by atoms with Crippen molar-refractivity contribution in [1.82, 2.24) is 0 Å². The average Bonchev–Trinajstić information content (AvgIpc) is 2.52. The van der Waals surface area contributed by atoms with E-state index >= 15 is 0 Å². The van der Waals surface area contributed by atoms with E-state index in [4.69, 9.17) is 14.2 Å². The van der Waals surface area contributed by atoms with E-state index in [9.17, 15) is 5.11 Å². The number of quaternary nitrogens is 1. The van der Waals surface area contributed by atoms with Gasteiger partial charge < -0.3 is 24.2 Å². The lowest BCUT2D eigenvalue weighted by molar-refractivity contribution is -0.918. The minimum absolute atomic E-state index is 0.231. The lowest BCUT2D eigenvalue weighted by atomic mass is 10.1. The van der Waals surface area contributed by atoms with Crippen LogP contribution in [0.1, 0.15) is 19.4 Å². The van der Waals surface area contributed by atoms with Crippen LogP contribution < -0.4 is 14.4 Å². The second-order valence-corrected chi connectivity index (χ2v) is 6.56. The third-order valence-electron chi connectivity index (χ3n) is 4.18. The summed E-state index contributed by atoms with van der Waals surface area (Å²) in [7, 11) is 1.62. The molecule has 0 amide bonds. The van der Waals surface area contributed by atoms with Crippen LogP contribution in [-0.2, 0) is 11.2 Å². The van der Waals surface area contributed by atoms with Gasteiger partial charge in [-0.2, -0.15) is 0 Å². The molecule has 1 aromatic rings. The maximum atomic E-state index is 10.3. The van der Waals surface area contributed by atoms with Gasteiger partial charge in [0.1, 0.15) is 44.6 Å². The van der Waals surface area contributed by atoms with E-state index in [0.29, 0.717) is 18.0 Å². The van der Waals surface area contributed by atoms with Crippen LogP contribution in [0.25, 0.3) is 0 Å². The fourth-order valence-electron chi connectivity index (χ4n) is 3.26. The molecule has 0 aliphatic carbocycles. The molecule has 2 N–H and O–H groups in total. The first-order valence-electron chi connectivity index (χ1n) is 8.59. The van der Waals surface area contributed by atoms with E-state index in [-0.39, 0.29) is 18.8 Å². The predicted molar refractivity (Wildman–Crippen MR) is 94.0 cm³/mol. The summed E-state index contributed by atoms with van der Waals surface area (Å²) < 4.78 is 16.9. The SMILES string of the molecule is C=CCc1ccc(OC[C@@H](O)C[NH+]2C[C@H](C)O[C@@H](C)C2)c(OC)c1. The molecule has 134 valence electrons. The maximum Gasteiger partial charge on any atom is 0.161 e. The summed E-state index contributed by atoms with van der Waals surface area (Å²) in [6.07, 6.45) is 2.58. The molecular formula is C19H30NO4+. The summed E-state index contributed by atoms with van der Waals surface area (Å²) in [6, 6.07) is 5.82. The van der Waals surface area contributed by atoms with Crippen molar-refractivity contribution in [2.45, 2.75) is 38.6 Å². The number of methoxy groups -OCH3 is 1. The highest BCUT2D eigenvalue weighted by atomic mass is 16.5. The van der Waals surface area contributed by atoms with Gasteiger partial charge >= 0.3 is 0 Å². The van der Waals surface area contributed by atoms with E-state index in [2.05, 4.69) is 20.4 Å². The van der Waals surface area contributed by atoms with Gasteiger partial charge in [-0.3, -0.25) is 0 Å². The molecule has 0 aromatic heterocycles. The van der Waals surface area contributed by atoms with E-state index in [1.165, 1.54) is 4.90 Å². The number of aliphatic hydroxyl groups is 1. The van der Waals surface area contributed by atoms with E-state index < -0.39 is 6.10 Å². The summed E-state index contributed by atoms with van der Waals surface area (Å²) in [6.45, 7) is 10.6. The molecule has 2 rings (SSSR count). The topological polar surface area (TPSA) is 52.4 Å². The fraction of sp³-hybridized carbons (Fsp3) is 0.579. The molecule has 3 atom stereocenters. The van der Waals surface area contributed by atoms with Crippen LogP contribution in [0.5, 0.6) is 11.5 Å². The van der Waals surface area contributed by atoms with Gasteiger partial charge in [-0.15, -0.1) is 6.58 Å². The van der Waals surface area contributed by atoms with Crippen LogP contribution in [0.3, 0.4) is 0 Å². The normalized spacial score (nSPS) is 25.1. The van der Waals surface area contributed by atoms with Crippen LogP contribution in [0.15, 0.2) is 30.9 Å². The first-order valence-corrected chi connectivity index (χ1v) is 8.59. The molecule has 0 saturated carbocycles. The van der Waals surface area contributed by atoms with Gasteiger partial charge in [-0.05, 0) is 38.0 Å². The van der Waals surface area contributed by atoms with Gasteiger partial charge in [0.05, 0.1) is 7.11 Å². The molecule has 5 heteroatoms. The highest BCUT2D eigenvalue weighted by Gasteiger charge is 2.27. The number of rotatable bonds is 8. The van der Waals surface area contributed by atoms with Gasteiger partial charge in [0.2, 0.25) is 0 Å². The largest absolute Gasteiger partial charge is 0.493 e. The number of benzene rings is 1. The summed E-state index contributed by atoms with van der Waals surface area (Å²) in [5.41, 5.74) is 1.12. The molecule has 1 heterocycles. The first kappa shape index (κ1) is 18.8. The highest BCUT2D eigenvalue weighted by molar-refractivity contribution is 5.43. The Morgan fingerprint density at radius 2 is 2.04 bits per heavy atom. The molecule has 0 bridgehead atoms. The smallest absolute Gasteiger partial charge is 0.161 e. The van der Waals surface area contributed by atoms with Crippen molar-refractivity contribution in [3.8, 4) is 11.5 Å². The van der Waals surface area contributed by atoms with Crippen LogP contribution in [-0.4, -0.2) is 56.8 Å². The molecular weight excluding hydrogens is 306 g/mol. The standard InChI is InChI=1S/C19H29NO4/c1-5-6-16-7-8-18(19(9-16)22-4)23-13-17(21)12-20-10-14(2)24-15(3)11-20/h5,7-9,14-15,17,21H,1,6,10-13H2,2-4H3/p+1/t14-,15-,17-/m0/s1. The van der Waals surface area contributed by atoms with Crippen molar-refractivity contribution in [3.63, 3.8) is 0 Å². The third-order valence-corrected chi connectivity index (χ3v) is 4.18. The molecule has 1 aromatic carbocycles. The zero-order valence-corrected chi connectivity index (χ0v) is 15.0. The number of aliphatic hydroxyl groups excluding tert-OH is 1. The van der Waals surface area contributed by atoms with Crippen LogP contribution in [0.4, 0.5) is 0 Å². The summed E-state index contributed by atoms with van der Waals surface area (Å²) >= 11 is 0. The summed E-state index contributed by atoms with van der Waals surface area (Å²) in [5, 5.41) is 10.3. The van der Waals surface area contributed by atoms with Gasteiger partial charge in [-0.25, -0.2) is 0 Å². The van der Waals surface area contributed by atoms with E-state index in [1.54, 1.807) is 7.11 Å². The van der Waals surface area contributed by atoms with Crippen molar-refractivity contribution in [2.75, 3.05) is 33.4 Å². The molecule has 24 heavy (non-hydrogen) atoms. The van der Waals surface area contributed by atoms with Crippen molar-refractivity contribution in [3.05, 3.63) is 36.4 Å². The predicted octanol–water partition coefficient (Wildman–Crippen LogP) is 0.856. The number of ether oxygens (including phenoxy) is 3. The first-order chi connectivity index (χ1) is 11.5. The lowest BCUT2D eigenvalue weighted by Gasteiger charge is -2.33. The minimum atomic E-state index is -0.518. The second kappa shape index (κ2) is 9.06. The Hall–Kier alpha value is -1.56. The summed E-state index contributed by atoms with van der Waals surface area (Å²) in [4.78, 5) is 1.35. The zero-order chi connectivity index (χ0) is 17.5. The van der Waals surface area contributed by atoms with Gasteiger partial charge in [0.15, 0.2) is 11.5 Å². The van der Waals surface area contributed by atoms with Crippen molar-refractivity contribution in [1.29, 1.82) is 0 Å². The monoisotopic (exact) mass is 336 g/mol. The minimum Gasteiger partial charge on any atom is -0.493 e. The Balaban J connectivity index is 1.86. The van der Waals surface area contributed by atoms with Crippen LogP contribution >= 0.6 is 0 Å². The number of morpholine rings is 1. The number of hydrogen-bond acceptors (Lipinski definition) is 4. The molecule has 1 saturated heterocycles. The number of nitrogens with one attached hydrogen (secondary N) is 1. The van der Waals surface area contributed by atoms with Crippen LogP contribution in [0, 0.1) is 0 Å². The third kappa shape index (κ3) is 5.51. The van der Waals surface area contributed by atoms with Crippen molar-refractivity contribution < 1.29 is 24.2 Å². The van der Waals surface area contributed by atoms with Crippen molar-refractivity contribution >= 4 is 0 Å². The quantitative estimate of drug-likeness (QED) is 0.691. The van der Waals surface area contributed by atoms with E-state index in [1.807, 2.05) is 24.3 Å². The average molecular weight is 336 g/mol. The van der Waals surface area contributed by atoms with E-state index in [0.717, 1.165) is 25.1 Å². The Morgan fingerprint density at radius 1 is 1.33 bits per heavy atom. The molecule has 0 radical (unpaired) electrons. The lowest BCUT2D eigenvalue weighted by Crippen LogP contribution is -3.16. The maximum absolute atomic E-state index is 10.3. The second-order valence-electron chi connectivity index (χ2n) is 6.56.